The lowest BCUT2D eigenvalue weighted by Gasteiger charge is -2.11. The fraction of sp³-hybridized carbons (Fsp3) is 0.455. The predicted molar refractivity (Wildman–Crippen MR) is 64.7 cm³/mol. The molecule has 2 heterocycles. The Morgan fingerprint density at radius 1 is 1.39 bits per heavy atom. The number of H-pyrrole nitrogens is 1. The van der Waals surface area contributed by atoms with Crippen LogP contribution in [0.25, 0.3) is 0 Å². The number of rotatable bonds is 3. The number of amides is 2. The molecule has 0 aliphatic carbocycles. The van der Waals surface area contributed by atoms with Crippen molar-refractivity contribution in [2.75, 3.05) is 0 Å². The number of carbonyl (C=O) groups is 2. The average Bonchev–Trinajstić information content (AvgIpc) is 2.67. The second kappa shape index (κ2) is 4.99. The molecule has 2 amide bonds. The van der Waals surface area contributed by atoms with Crippen LogP contribution in [0.5, 0.6) is 0 Å². The van der Waals surface area contributed by atoms with E-state index in [2.05, 4.69) is 26.0 Å². The van der Waals surface area contributed by atoms with Crippen LogP contribution in [0.4, 0.5) is 0 Å². The Bertz CT molecular complexity index is 498. The first-order chi connectivity index (χ1) is 8.58. The van der Waals surface area contributed by atoms with E-state index < -0.39 is 0 Å². The molecule has 0 unspecified atom stereocenters. The topological polar surface area (TPSA) is 99.2 Å². The quantitative estimate of drug-likeness (QED) is 0.698. The van der Waals surface area contributed by atoms with Gasteiger partial charge in [-0.25, -0.2) is 5.43 Å². The molecule has 1 aliphatic rings. The molecular formula is C11H15N5O2. The van der Waals surface area contributed by atoms with Crippen LogP contribution in [-0.2, 0) is 16.1 Å². The van der Waals surface area contributed by atoms with Crippen molar-refractivity contribution < 1.29 is 9.59 Å². The van der Waals surface area contributed by atoms with E-state index in [1.165, 1.54) is 0 Å². The number of hydrazone groups is 1. The van der Waals surface area contributed by atoms with Gasteiger partial charge in [-0.3, -0.25) is 14.7 Å². The third-order valence-electron chi connectivity index (χ3n) is 2.87. The van der Waals surface area contributed by atoms with Crippen molar-refractivity contribution in [2.24, 2.45) is 5.10 Å². The minimum Gasteiger partial charge on any atom is -0.347 e. The Kier molecular flexibility index (Phi) is 3.40. The molecule has 0 atom stereocenters. The second-order valence-corrected chi connectivity index (χ2v) is 4.19. The standard InChI is InChI=1S/C11H15N5O2/c1-6-8(7(2)14-13-6)5-12-11(18)9-3-4-10(17)16-15-9/h3-5H2,1-2H3,(H,12,18)(H,13,14)(H,16,17). The maximum absolute atomic E-state index is 11.8. The Hall–Kier alpha value is -2.18. The zero-order valence-electron chi connectivity index (χ0n) is 10.3. The van der Waals surface area contributed by atoms with Crippen molar-refractivity contribution in [1.29, 1.82) is 0 Å². The number of aromatic amines is 1. The molecule has 18 heavy (non-hydrogen) atoms. The van der Waals surface area contributed by atoms with Gasteiger partial charge in [-0.15, -0.1) is 0 Å². The summed E-state index contributed by atoms with van der Waals surface area (Å²) in [5.41, 5.74) is 5.43. The summed E-state index contributed by atoms with van der Waals surface area (Å²) >= 11 is 0. The molecule has 7 nitrogen and oxygen atoms in total. The van der Waals surface area contributed by atoms with E-state index in [4.69, 9.17) is 0 Å². The first kappa shape index (κ1) is 12.3. The molecule has 0 spiro atoms. The maximum Gasteiger partial charge on any atom is 0.267 e. The van der Waals surface area contributed by atoms with Gasteiger partial charge in [-0.2, -0.15) is 10.2 Å². The van der Waals surface area contributed by atoms with Crippen LogP contribution in [0.2, 0.25) is 0 Å². The van der Waals surface area contributed by atoms with E-state index in [1.807, 2.05) is 13.8 Å². The van der Waals surface area contributed by atoms with Crippen molar-refractivity contribution in [1.82, 2.24) is 20.9 Å². The summed E-state index contributed by atoms with van der Waals surface area (Å²) in [5.74, 6) is -0.414. The molecule has 96 valence electrons. The summed E-state index contributed by atoms with van der Waals surface area (Å²) in [5, 5.41) is 13.4. The van der Waals surface area contributed by atoms with Crippen LogP contribution in [0.3, 0.4) is 0 Å². The Morgan fingerprint density at radius 2 is 2.17 bits per heavy atom. The lowest BCUT2D eigenvalue weighted by Crippen LogP contribution is -2.36. The zero-order chi connectivity index (χ0) is 13.1. The molecule has 0 bridgehead atoms. The fourth-order valence-corrected chi connectivity index (χ4v) is 1.74. The molecule has 2 rings (SSSR count). The second-order valence-electron chi connectivity index (χ2n) is 4.19. The molecule has 0 radical (unpaired) electrons. The molecule has 1 aliphatic heterocycles. The average molecular weight is 249 g/mol. The van der Waals surface area contributed by atoms with Crippen LogP contribution in [0.15, 0.2) is 5.10 Å². The third kappa shape index (κ3) is 2.55. The van der Waals surface area contributed by atoms with Crippen LogP contribution in [0, 0.1) is 13.8 Å². The molecule has 0 aromatic carbocycles. The number of nitrogens with one attached hydrogen (secondary N) is 3. The number of aromatic nitrogens is 2. The highest BCUT2D eigenvalue weighted by Crippen LogP contribution is 2.08. The Morgan fingerprint density at radius 3 is 2.72 bits per heavy atom. The number of hydrogen-bond acceptors (Lipinski definition) is 4. The lowest BCUT2D eigenvalue weighted by atomic mass is 10.1. The minimum absolute atomic E-state index is 0.159. The molecule has 3 N–H and O–H groups in total. The summed E-state index contributed by atoms with van der Waals surface area (Å²) in [6.45, 7) is 4.18. The number of carbonyl (C=O) groups excluding carboxylic acids is 2. The van der Waals surface area contributed by atoms with Gasteiger partial charge in [0, 0.05) is 30.6 Å². The van der Waals surface area contributed by atoms with Gasteiger partial charge in [0.15, 0.2) is 0 Å². The molecule has 1 aromatic rings. The highest BCUT2D eigenvalue weighted by atomic mass is 16.2. The van der Waals surface area contributed by atoms with Gasteiger partial charge in [0.1, 0.15) is 5.71 Å². The highest BCUT2D eigenvalue weighted by molar-refractivity contribution is 6.39. The van der Waals surface area contributed by atoms with Gasteiger partial charge < -0.3 is 5.32 Å². The van der Waals surface area contributed by atoms with E-state index in [1.54, 1.807) is 0 Å². The smallest absolute Gasteiger partial charge is 0.267 e. The van der Waals surface area contributed by atoms with Crippen molar-refractivity contribution in [3.8, 4) is 0 Å². The van der Waals surface area contributed by atoms with Crippen LogP contribution < -0.4 is 10.7 Å². The van der Waals surface area contributed by atoms with Crippen LogP contribution in [-0.4, -0.2) is 27.7 Å². The highest BCUT2D eigenvalue weighted by Gasteiger charge is 2.18. The first-order valence-corrected chi connectivity index (χ1v) is 5.72. The van der Waals surface area contributed by atoms with Crippen molar-refractivity contribution in [3.05, 3.63) is 17.0 Å². The van der Waals surface area contributed by atoms with Gasteiger partial charge in [0.25, 0.3) is 5.91 Å². The van der Waals surface area contributed by atoms with Gasteiger partial charge >= 0.3 is 0 Å². The normalized spacial score (nSPS) is 15.0. The molecule has 0 saturated carbocycles. The van der Waals surface area contributed by atoms with Gasteiger partial charge in [-0.1, -0.05) is 0 Å². The van der Waals surface area contributed by atoms with Gasteiger partial charge in [0.2, 0.25) is 5.91 Å². The van der Waals surface area contributed by atoms with Gasteiger partial charge in [0.05, 0.1) is 5.69 Å². The Balaban J connectivity index is 1.95. The summed E-state index contributed by atoms with van der Waals surface area (Å²) in [6.07, 6.45) is 0.678. The van der Waals surface area contributed by atoms with E-state index in [0.29, 0.717) is 25.1 Å². The van der Waals surface area contributed by atoms with Crippen molar-refractivity contribution in [3.63, 3.8) is 0 Å². The summed E-state index contributed by atoms with van der Waals surface area (Å²) in [6, 6.07) is 0. The summed E-state index contributed by atoms with van der Waals surface area (Å²) in [4.78, 5) is 22.7. The Labute approximate surface area is 104 Å². The predicted octanol–water partition coefficient (Wildman–Crippen LogP) is -0.0913. The van der Waals surface area contributed by atoms with E-state index in [0.717, 1.165) is 17.0 Å². The number of nitrogens with zero attached hydrogens (tertiary/aromatic N) is 2. The molecule has 7 heteroatoms. The third-order valence-corrected chi connectivity index (χ3v) is 2.87. The number of hydrogen-bond donors (Lipinski definition) is 3. The maximum atomic E-state index is 11.8. The van der Waals surface area contributed by atoms with Crippen LogP contribution in [0.1, 0.15) is 29.8 Å². The van der Waals surface area contributed by atoms with Crippen LogP contribution >= 0.6 is 0 Å². The largest absolute Gasteiger partial charge is 0.347 e. The van der Waals surface area contributed by atoms with E-state index in [9.17, 15) is 9.59 Å². The molecule has 1 aromatic heterocycles. The fourth-order valence-electron chi connectivity index (χ4n) is 1.74. The monoisotopic (exact) mass is 249 g/mol. The van der Waals surface area contributed by atoms with Crippen molar-refractivity contribution in [2.45, 2.75) is 33.2 Å². The number of aryl methyl sites for hydroxylation is 2. The summed E-state index contributed by atoms with van der Waals surface area (Å²) < 4.78 is 0. The van der Waals surface area contributed by atoms with Crippen molar-refractivity contribution >= 4 is 17.5 Å². The SMILES string of the molecule is Cc1n[nH]c(C)c1CNC(=O)C1=NNC(=O)CC1. The summed E-state index contributed by atoms with van der Waals surface area (Å²) in [7, 11) is 0. The lowest BCUT2D eigenvalue weighted by molar-refractivity contribution is -0.121. The first-order valence-electron chi connectivity index (χ1n) is 5.72. The van der Waals surface area contributed by atoms with Gasteiger partial charge in [-0.05, 0) is 13.8 Å². The zero-order valence-corrected chi connectivity index (χ0v) is 10.3. The minimum atomic E-state index is -0.255. The molecular weight excluding hydrogens is 234 g/mol. The molecule has 0 saturated heterocycles. The van der Waals surface area contributed by atoms with E-state index >= 15 is 0 Å². The van der Waals surface area contributed by atoms with E-state index in [-0.39, 0.29) is 11.8 Å². The molecule has 0 fully saturated rings.